The number of nitrogens with one attached hydrogen (secondary N) is 3. The van der Waals surface area contributed by atoms with Crippen molar-refractivity contribution in [1.82, 2.24) is 24.8 Å². The molecule has 0 fully saturated rings. The zero-order valence-corrected chi connectivity index (χ0v) is 24.3. The van der Waals surface area contributed by atoms with Crippen LogP contribution in [0.15, 0.2) is 61.2 Å². The summed E-state index contributed by atoms with van der Waals surface area (Å²) in [5.74, 6) is 1.50. The second kappa shape index (κ2) is 13.3. The van der Waals surface area contributed by atoms with E-state index in [1.54, 1.807) is 59.7 Å². The minimum absolute atomic E-state index is 0.178. The average molecular weight is 607 g/mol. The van der Waals surface area contributed by atoms with Crippen LogP contribution in [0.25, 0.3) is 5.82 Å². The van der Waals surface area contributed by atoms with Crippen molar-refractivity contribution in [3.05, 3.63) is 92.4 Å². The Morgan fingerprint density at radius 3 is 2.46 bits per heavy atom. The Morgan fingerprint density at radius 1 is 0.949 bits per heavy atom. The first-order valence-corrected chi connectivity index (χ1v) is 13.7. The number of hydrogen-bond acceptors (Lipinski definition) is 6. The first-order valence-electron chi connectivity index (χ1n) is 12.2. The number of nitrogens with zero attached hydrogens (tertiary/aromatic N) is 4. The van der Waals surface area contributed by atoms with Gasteiger partial charge in [0.2, 0.25) is 11.9 Å². The summed E-state index contributed by atoms with van der Waals surface area (Å²) in [5, 5.41) is 11.5. The Hall–Kier alpha value is -3.04. The molecule has 0 unspecified atom stereocenters. The third kappa shape index (κ3) is 8.22. The van der Waals surface area contributed by atoms with Crippen LogP contribution in [0.5, 0.6) is 0 Å². The van der Waals surface area contributed by atoms with Crippen LogP contribution in [0.3, 0.4) is 0 Å². The molecule has 0 saturated carbocycles. The molecule has 2 heterocycles. The van der Waals surface area contributed by atoms with Crippen LogP contribution in [0.4, 0.5) is 11.8 Å². The van der Waals surface area contributed by atoms with Gasteiger partial charge in [0.05, 0.1) is 10.0 Å². The molecule has 39 heavy (non-hydrogen) atoms. The van der Waals surface area contributed by atoms with E-state index in [9.17, 15) is 4.79 Å². The Kier molecular flexibility index (Phi) is 9.91. The molecular weight excluding hydrogens is 580 g/mol. The summed E-state index contributed by atoms with van der Waals surface area (Å²) in [6.07, 6.45) is 5.66. The number of halogens is 4. The maximum absolute atomic E-state index is 13.3. The number of carbonyl (C=O) groups is 1. The average Bonchev–Trinajstić information content (AvgIpc) is 3.43. The van der Waals surface area contributed by atoms with Crippen molar-refractivity contribution in [3.63, 3.8) is 0 Å². The van der Waals surface area contributed by atoms with Gasteiger partial charge >= 0.3 is 0 Å². The number of hydrogen-bond donors (Lipinski definition) is 3. The Bertz CT molecular complexity index is 1430. The Morgan fingerprint density at radius 2 is 1.77 bits per heavy atom. The Balaban J connectivity index is 1.54. The maximum atomic E-state index is 13.3. The molecule has 0 radical (unpaired) electrons. The van der Waals surface area contributed by atoms with E-state index in [2.05, 4.69) is 44.7 Å². The number of imidazole rings is 1. The lowest BCUT2D eigenvalue weighted by molar-refractivity contribution is -0.122. The van der Waals surface area contributed by atoms with Gasteiger partial charge in [-0.25, -0.2) is 4.98 Å². The van der Waals surface area contributed by atoms with Crippen molar-refractivity contribution >= 4 is 64.1 Å². The second-order valence-corrected chi connectivity index (χ2v) is 10.9. The fourth-order valence-corrected chi connectivity index (χ4v) is 4.59. The molecule has 1 amide bonds. The number of rotatable bonds is 11. The highest BCUT2D eigenvalue weighted by atomic mass is 35.5. The summed E-state index contributed by atoms with van der Waals surface area (Å²) in [6.45, 7) is 4.80. The maximum Gasteiger partial charge on any atom is 0.242 e. The molecule has 12 heteroatoms. The summed E-state index contributed by atoms with van der Waals surface area (Å²) < 4.78 is 1.76. The van der Waals surface area contributed by atoms with Gasteiger partial charge in [0.25, 0.3) is 0 Å². The molecule has 4 rings (SSSR count). The third-order valence-corrected chi connectivity index (χ3v) is 7.06. The van der Waals surface area contributed by atoms with E-state index in [-0.39, 0.29) is 18.4 Å². The van der Waals surface area contributed by atoms with Crippen molar-refractivity contribution in [2.24, 2.45) is 5.92 Å². The molecule has 204 valence electrons. The standard InChI is InChI=1S/C27H27Cl4N7O/c1-16(2)9-23(26(39)33-14-18-4-5-19(28)11-21(18)30)35-24-12-25(38-8-7-32-15-38)37-27(36-24)34-13-17-3-6-20(29)22(31)10-17/h3-8,10-12,15-16,23H,9,13-14H2,1-2H3,(H,33,39)(H2,34,35,36,37)/t23-/m1/s1. The first kappa shape index (κ1) is 29.0. The molecule has 0 aliphatic heterocycles. The van der Waals surface area contributed by atoms with Gasteiger partial charge in [-0.3, -0.25) is 9.36 Å². The number of anilines is 2. The topological polar surface area (TPSA) is 96.8 Å². The van der Waals surface area contributed by atoms with Crippen LogP contribution in [0.1, 0.15) is 31.4 Å². The van der Waals surface area contributed by atoms with Crippen LogP contribution < -0.4 is 16.0 Å². The van der Waals surface area contributed by atoms with Crippen molar-refractivity contribution in [3.8, 4) is 5.82 Å². The van der Waals surface area contributed by atoms with E-state index in [0.717, 1.165) is 11.1 Å². The van der Waals surface area contributed by atoms with E-state index >= 15 is 0 Å². The quantitative estimate of drug-likeness (QED) is 0.170. The first-order chi connectivity index (χ1) is 18.7. The van der Waals surface area contributed by atoms with E-state index in [1.807, 2.05) is 6.07 Å². The molecule has 0 aliphatic carbocycles. The number of aromatic nitrogens is 4. The zero-order chi connectivity index (χ0) is 27.9. The molecule has 2 aromatic heterocycles. The van der Waals surface area contributed by atoms with Crippen molar-refractivity contribution in [2.45, 2.75) is 39.4 Å². The molecule has 0 saturated heterocycles. The Labute approximate surface area is 247 Å². The molecule has 0 bridgehead atoms. The van der Waals surface area contributed by atoms with Crippen LogP contribution in [-0.4, -0.2) is 31.5 Å². The SMILES string of the molecule is CC(C)C[C@@H](Nc1cc(-n2ccnc2)nc(NCc2ccc(Cl)c(Cl)c2)n1)C(=O)NCc1ccc(Cl)cc1Cl. The van der Waals surface area contributed by atoms with E-state index in [4.69, 9.17) is 46.4 Å². The molecular formula is C27H27Cl4N7O. The van der Waals surface area contributed by atoms with Crippen LogP contribution in [0.2, 0.25) is 20.1 Å². The number of carbonyl (C=O) groups excluding carboxylic acids is 1. The predicted molar refractivity (Wildman–Crippen MR) is 158 cm³/mol. The van der Waals surface area contributed by atoms with Crippen molar-refractivity contribution < 1.29 is 4.79 Å². The fraction of sp³-hybridized carbons (Fsp3) is 0.259. The van der Waals surface area contributed by atoms with E-state index in [0.29, 0.717) is 50.6 Å². The van der Waals surface area contributed by atoms with Gasteiger partial charge in [0.15, 0.2) is 0 Å². The third-order valence-electron chi connectivity index (χ3n) is 5.73. The molecule has 4 aromatic rings. The highest BCUT2D eigenvalue weighted by Gasteiger charge is 2.21. The van der Waals surface area contributed by atoms with Gasteiger partial charge in [0.1, 0.15) is 24.0 Å². The summed E-state index contributed by atoms with van der Waals surface area (Å²) in [6, 6.07) is 11.8. The van der Waals surface area contributed by atoms with Gasteiger partial charge in [-0.05, 0) is 47.7 Å². The van der Waals surface area contributed by atoms with E-state index in [1.165, 1.54) is 0 Å². The van der Waals surface area contributed by atoms with E-state index < -0.39 is 6.04 Å². The molecule has 0 spiro atoms. The highest BCUT2D eigenvalue weighted by molar-refractivity contribution is 6.42. The second-order valence-electron chi connectivity index (χ2n) is 9.29. The molecule has 2 aromatic carbocycles. The van der Waals surface area contributed by atoms with Gasteiger partial charge < -0.3 is 16.0 Å². The van der Waals surface area contributed by atoms with Crippen LogP contribution >= 0.6 is 46.4 Å². The lowest BCUT2D eigenvalue weighted by Crippen LogP contribution is -2.40. The number of benzene rings is 2. The fourth-order valence-electron chi connectivity index (χ4n) is 3.80. The van der Waals surface area contributed by atoms with Crippen molar-refractivity contribution in [1.29, 1.82) is 0 Å². The largest absolute Gasteiger partial charge is 0.358 e. The lowest BCUT2D eigenvalue weighted by Gasteiger charge is -2.21. The minimum Gasteiger partial charge on any atom is -0.358 e. The lowest BCUT2D eigenvalue weighted by atomic mass is 10.0. The molecule has 0 aliphatic rings. The summed E-state index contributed by atoms with van der Waals surface area (Å²) in [5.41, 5.74) is 1.68. The summed E-state index contributed by atoms with van der Waals surface area (Å²) in [7, 11) is 0. The summed E-state index contributed by atoms with van der Waals surface area (Å²) in [4.78, 5) is 26.6. The molecule has 1 atom stereocenters. The molecule has 8 nitrogen and oxygen atoms in total. The zero-order valence-electron chi connectivity index (χ0n) is 21.3. The smallest absolute Gasteiger partial charge is 0.242 e. The minimum atomic E-state index is -0.551. The molecule has 3 N–H and O–H groups in total. The van der Waals surface area contributed by atoms with Gasteiger partial charge in [0, 0.05) is 41.6 Å². The van der Waals surface area contributed by atoms with Gasteiger partial charge in [-0.1, -0.05) is 72.4 Å². The highest BCUT2D eigenvalue weighted by Crippen LogP contribution is 2.24. The van der Waals surface area contributed by atoms with Crippen LogP contribution in [0, 0.1) is 5.92 Å². The van der Waals surface area contributed by atoms with Crippen molar-refractivity contribution in [2.75, 3.05) is 10.6 Å². The normalized spacial score (nSPS) is 11.9. The monoisotopic (exact) mass is 605 g/mol. The predicted octanol–water partition coefficient (Wildman–Crippen LogP) is 7.03. The van der Waals surface area contributed by atoms with Gasteiger partial charge in [-0.2, -0.15) is 9.97 Å². The van der Waals surface area contributed by atoms with Gasteiger partial charge in [-0.15, -0.1) is 0 Å². The number of amides is 1. The summed E-state index contributed by atoms with van der Waals surface area (Å²) >= 11 is 24.5. The van der Waals surface area contributed by atoms with Crippen LogP contribution in [-0.2, 0) is 17.9 Å².